The number of nitrogens with zero attached hydrogens (tertiary/aromatic N) is 2. The van der Waals surface area contributed by atoms with Crippen LogP contribution in [0.1, 0.15) is 16.8 Å². The molecule has 2 amide bonds. The fraction of sp³-hybridized carbons (Fsp3) is 0.333. The van der Waals surface area contributed by atoms with Gasteiger partial charge < -0.3 is 19.7 Å². The molecule has 0 saturated carbocycles. The minimum absolute atomic E-state index is 0.0823. The van der Waals surface area contributed by atoms with Gasteiger partial charge in [-0.25, -0.2) is 4.79 Å². The van der Waals surface area contributed by atoms with Gasteiger partial charge in [0.1, 0.15) is 0 Å². The van der Waals surface area contributed by atoms with Gasteiger partial charge in [-0.1, -0.05) is 6.07 Å². The lowest BCUT2D eigenvalue weighted by atomic mass is 9.99. The SMILES string of the molecule is COc1cc2c(cc1OC)CN(C(=O)NCc1ccccn1)CC2. The Morgan fingerprint density at radius 3 is 2.62 bits per heavy atom. The molecule has 6 heteroatoms. The number of hydrogen-bond acceptors (Lipinski definition) is 4. The van der Waals surface area contributed by atoms with Gasteiger partial charge in [-0.15, -0.1) is 0 Å². The summed E-state index contributed by atoms with van der Waals surface area (Å²) < 4.78 is 10.7. The highest BCUT2D eigenvalue weighted by Crippen LogP contribution is 2.33. The van der Waals surface area contributed by atoms with E-state index in [0.717, 1.165) is 23.4 Å². The van der Waals surface area contributed by atoms with Crippen molar-refractivity contribution in [1.82, 2.24) is 15.2 Å². The molecule has 2 heterocycles. The van der Waals surface area contributed by atoms with Gasteiger partial charge in [0.25, 0.3) is 0 Å². The number of amides is 2. The first-order valence-electron chi connectivity index (χ1n) is 7.87. The maximum absolute atomic E-state index is 12.4. The monoisotopic (exact) mass is 327 g/mol. The normalized spacial score (nSPS) is 13.2. The first-order chi connectivity index (χ1) is 11.7. The number of urea groups is 1. The van der Waals surface area contributed by atoms with Gasteiger partial charge >= 0.3 is 6.03 Å². The van der Waals surface area contributed by atoms with Crippen molar-refractivity contribution in [2.24, 2.45) is 0 Å². The lowest BCUT2D eigenvalue weighted by Crippen LogP contribution is -2.42. The molecular formula is C18H21N3O3. The van der Waals surface area contributed by atoms with Crippen molar-refractivity contribution in [1.29, 1.82) is 0 Å². The Labute approximate surface area is 141 Å². The van der Waals surface area contributed by atoms with Crippen molar-refractivity contribution in [3.8, 4) is 11.5 Å². The topological polar surface area (TPSA) is 63.7 Å². The summed E-state index contributed by atoms with van der Waals surface area (Å²) in [6, 6.07) is 9.52. The molecule has 0 atom stereocenters. The molecule has 0 fully saturated rings. The zero-order valence-corrected chi connectivity index (χ0v) is 13.9. The van der Waals surface area contributed by atoms with Crippen molar-refractivity contribution in [2.75, 3.05) is 20.8 Å². The summed E-state index contributed by atoms with van der Waals surface area (Å²) in [6.45, 7) is 1.66. The van der Waals surface area contributed by atoms with Crippen molar-refractivity contribution in [2.45, 2.75) is 19.5 Å². The van der Waals surface area contributed by atoms with Gasteiger partial charge in [-0.2, -0.15) is 0 Å². The predicted molar refractivity (Wildman–Crippen MR) is 90.1 cm³/mol. The Kier molecular flexibility index (Phi) is 4.84. The number of carbonyl (C=O) groups is 1. The molecule has 0 spiro atoms. The van der Waals surface area contributed by atoms with Crippen LogP contribution in [0.4, 0.5) is 4.79 Å². The Bertz CT molecular complexity index is 719. The molecule has 1 aromatic carbocycles. The molecule has 0 unspecified atom stereocenters. The number of methoxy groups -OCH3 is 2. The third kappa shape index (κ3) is 3.42. The van der Waals surface area contributed by atoms with Crippen LogP contribution in [0.3, 0.4) is 0 Å². The second kappa shape index (κ2) is 7.21. The van der Waals surface area contributed by atoms with Crippen molar-refractivity contribution in [3.05, 3.63) is 53.3 Å². The molecule has 0 aliphatic carbocycles. The summed E-state index contributed by atoms with van der Waals surface area (Å²) in [7, 11) is 3.24. The van der Waals surface area contributed by atoms with E-state index >= 15 is 0 Å². The molecule has 1 aliphatic rings. The van der Waals surface area contributed by atoms with Crippen molar-refractivity contribution >= 4 is 6.03 Å². The molecule has 2 aromatic rings. The van der Waals surface area contributed by atoms with Crippen LogP contribution in [0.2, 0.25) is 0 Å². The quantitative estimate of drug-likeness (QED) is 0.936. The van der Waals surface area contributed by atoms with E-state index in [-0.39, 0.29) is 6.03 Å². The number of rotatable bonds is 4. The summed E-state index contributed by atoms with van der Waals surface area (Å²) >= 11 is 0. The van der Waals surface area contributed by atoms with Crippen LogP contribution < -0.4 is 14.8 Å². The Balaban J connectivity index is 1.66. The fourth-order valence-corrected chi connectivity index (χ4v) is 2.84. The van der Waals surface area contributed by atoms with Gasteiger partial charge in [0.05, 0.1) is 26.5 Å². The molecule has 1 aromatic heterocycles. The average molecular weight is 327 g/mol. The van der Waals surface area contributed by atoms with Gasteiger partial charge in [0.2, 0.25) is 0 Å². The van der Waals surface area contributed by atoms with E-state index in [1.807, 2.05) is 30.3 Å². The summed E-state index contributed by atoms with van der Waals surface area (Å²) in [5.74, 6) is 1.41. The first kappa shape index (κ1) is 16.1. The Hall–Kier alpha value is -2.76. The zero-order chi connectivity index (χ0) is 16.9. The standard InChI is InChI=1S/C18H21N3O3/c1-23-16-9-13-6-8-21(12-14(13)10-17(16)24-2)18(22)20-11-15-5-3-4-7-19-15/h3-5,7,9-10H,6,8,11-12H2,1-2H3,(H,20,22). The molecule has 126 valence electrons. The lowest BCUT2D eigenvalue weighted by molar-refractivity contribution is 0.191. The molecule has 3 rings (SSSR count). The number of ether oxygens (including phenoxy) is 2. The van der Waals surface area contributed by atoms with E-state index in [1.54, 1.807) is 25.3 Å². The van der Waals surface area contributed by atoms with E-state index in [1.165, 1.54) is 5.56 Å². The van der Waals surface area contributed by atoms with E-state index in [2.05, 4.69) is 10.3 Å². The maximum atomic E-state index is 12.4. The highest BCUT2D eigenvalue weighted by Gasteiger charge is 2.22. The number of aromatic nitrogens is 1. The number of hydrogen-bond donors (Lipinski definition) is 1. The first-order valence-corrected chi connectivity index (χ1v) is 7.87. The number of carbonyl (C=O) groups excluding carboxylic acids is 1. The van der Waals surface area contributed by atoms with E-state index < -0.39 is 0 Å². The molecule has 0 radical (unpaired) electrons. The summed E-state index contributed by atoms with van der Waals surface area (Å²) in [4.78, 5) is 18.4. The molecule has 1 aliphatic heterocycles. The molecule has 24 heavy (non-hydrogen) atoms. The second-order valence-corrected chi connectivity index (χ2v) is 5.63. The molecule has 1 N–H and O–H groups in total. The van der Waals surface area contributed by atoms with Crippen molar-refractivity contribution < 1.29 is 14.3 Å². The molecular weight excluding hydrogens is 306 g/mol. The third-order valence-corrected chi connectivity index (χ3v) is 4.15. The third-order valence-electron chi connectivity index (χ3n) is 4.15. The van der Waals surface area contributed by atoms with Crippen LogP contribution in [0.5, 0.6) is 11.5 Å². The largest absolute Gasteiger partial charge is 0.493 e. The second-order valence-electron chi connectivity index (χ2n) is 5.63. The van der Waals surface area contributed by atoms with E-state index in [0.29, 0.717) is 25.4 Å². The highest BCUT2D eigenvalue weighted by molar-refractivity contribution is 5.74. The number of benzene rings is 1. The van der Waals surface area contributed by atoms with Crippen molar-refractivity contribution in [3.63, 3.8) is 0 Å². The smallest absolute Gasteiger partial charge is 0.318 e. The molecule has 0 bridgehead atoms. The zero-order valence-electron chi connectivity index (χ0n) is 13.9. The predicted octanol–water partition coefficient (Wildman–Crippen LogP) is 2.37. The van der Waals surface area contributed by atoms with Gasteiger partial charge in [0, 0.05) is 19.3 Å². The van der Waals surface area contributed by atoms with Crippen LogP contribution in [-0.4, -0.2) is 36.7 Å². The minimum Gasteiger partial charge on any atom is -0.493 e. The van der Waals surface area contributed by atoms with Gasteiger partial charge in [0.15, 0.2) is 11.5 Å². The van der Waals surface area contributed by atoms with Crippen LogP contribution >= 0.6 is 0 Å². The van der Waals surface area contributed by atoms with E-state index in [9.17, 15) is 4.79 Å². The minimum atomic E-state index is -0.0823. The highest BCUT2D eigenvalue weighted by atomic mass is 16.5. The Morgan fingerprint density at radius 2 is 1.96 bits per heavy atom. The number of nitrogens with one attached hydrogen (secondary N) is 1. The summed E-state index contributed by atoms with van der Waals surface area (Å²) in [6.07, 6.45) is 2.52. The van der Waals surface area contributed by atoms with Crippen LogP contribution in [0, 0.1) is 0 Å². The number of fused-ring (bicyclic) bond motifs is 1. The van der Waals surface area contributed by atoms with Gasteiger partial charge in [-0.05, 0) is 41.8 Å². The number of pyridine rings is 1. The molecule has 6 nitrogen and oxygen atoms in total. The maximum Gasteiger partial charge on any atom is 0.318 e. The van der Waals surface area contributed by atoms with Crippen LogP contribution in [0.25, 0.3) is 0 Å². The van der Waals surface area contributed by atoms with Crippen LogP contribution in [-0.2, 0) is 19.5 Å². The fourth-order valence-electron chi connectivity index (χ4n) is 2.84. The van der Waals surface area contributed by atoms with E-state index in [4.69, 9.17) is 9.47 Å². The lowest BCUT2D eigenvalue weighted by Gasteiger charge is -2.29. The molecule has 0 saturated heterocycles. The Morgan fingerprint density at radius 1 is 1.21 bits per heavy atom. The van der Waals surface area contributed by atoms with Gasteiger partial charge in [-0.3, -0.25) is 4.98 Å². The average Bonchev–Trinajstić information content (AvgIpc) is 2.65. The van der Waals surface area contributed by atoms with Crippen LogP contribution in [0.15, 0.2) is 36.5 Å². The summed E-state index contributed by atoms with van der Waals surface area (Å²) in [5.41, 5.74) is 3.13. The summed E-state index contributed by atoms with van der Waals surface area (Å²) in [5, 5.41) is 2.92.